The van der Waals surface area contributed by atoms with Crippen LogP contribution in [0.5, 0.6) is 0 Å². The van der Waals surface area contributed by atoms with Crippen LogP contribution in [0.3, 0.4) is 0 Å². The third-order valence-corrected chi connectivity index (χ3v) is 12.7. The van der Waals surface area contributed by atoms with Crippen LogP contribution in [0.15, 0.2) is 60.8 Å². The Balaban J connectivity index is 4.64. The highest BCUT2D eigenvalue weighted by Crippen LogP contribution is 2.18. The van der Waals surface area contributed by atoms with Gasteiger partial charge in [0.1, 0.15) is 6.10 Å². The first-order valence-electron chi connectivity index (χ1n) is 28.1. The van der Waals surface area contributed by atoms with Gasteiger partial charge in [0.05, 0.1) is 25.2 Å². The standard InChI is InChI=1S/C59H107NO5/c1-4-7-10-13-16-19-22-25-27-29-30-32-34-37-40-43-46-49-52-59(64)65-55(50-47-44-41-38-35-33-31-28-26-23-20-17-14-11-8-5-2)53-58(63)60-56(54-61)57(62)51-48-45-42-39-36-24-21-18-15-12-9-6-3/h16,19,22,25,27,29-30,32-33,35,55-57,61-62H,4-15,17-18,20-21,23-24,26,28,31,34,36-54H2,1-3H3,(H,60,63)/b19-16+,25-22+,29-27+,32-30+,35-33+. The lowest BCUT2D eigenvalue weighted by Gasteiger charge is -2.24. The first-order valence-corrected chi connectivity index (χ1v) is 28.1. The van der Waals surface area contributed by atoms with Crippen LogP contribution in [-0.4, -0.2) is 46.9 Å². The predicted molar refractivity (Wildman–Crippen MR) is 282 cm³/mol. The van der Waals surface area contributed by atoms with Crippen LogP contribution in [0, 0.1) is 0 Å². The summed E-state index contributed by atoms with van der Waals surface area (Å²) in [6.45, 7) is 6.45. The van der Waals surface area contributed by atoms with Crippen molar-refractivity contribution in [1.29, 1.82) is 0 Å². The van der Waals surface area contributed by atoms with Gasteiger partial charge in [-0.25, -0.2) is 0 Å². The largest absolute Gasteiger partial charge is 0.462 e. The Morgan fingerprint density at radius 2 is 0.800 bits per heavy atom. The highest BCUT2D eigenvalue weighted by Gasteiger charge is 2.24. The van der Waals surface area contributed by atoms with Gasteiger partial charge in [-0.2, -0.15) is 0 Å². The second kappa shape index (κ2) is 52.5. The smallest absolute Gasteiger partial charge is 0.306 e. The Hall–Kier alpha value is -2.44. The van der Waals surface area contributed by atoms with E-state index in [1.54, 1.807) is 0 Å². The molecule has 0 aromatic carbocycles. The van der Waals surface area contributed by atoms with Crippen LogP contribution >= 0.6 is 0 Å². The molecule has 0 radical (unpaired) electrons. The van der Waals surface area contributed by atoms with E-state index in [-0.39, 0.29) is 24.9 Å². The van der Waals surface area contributed by atoms with Crippen LogP contribution in [0.25, 0.3) is 0 Å². The average Bonchev–Trinajstić information content (AvgIpc) is 3.30. The van der Waals surface area contributed by atoms with Gasteiger partial charge in [0.15, 0.2) is 0 Å². The molecule has 0 aliphatic rings. The van der Waals surface area contributed by atoms with E-state index in [0.717, 1.165) is 96.3 Å². The number of hydrogen-bond acceptors (Lipinski definition) is 5. The Bertz CT molecular complexity index is 1160. The topological polar surface area (TPSA) is 95.9 Å². The number of rotatable bonds is 50. The van der Waals surface area contributed by atoms with Crippen molar-refractivity contribution in [3.63, 3.8) is 0 Å². The zero-order valence-electron chi connectivity index (χ0n) is 43.1. The van der Waals surface area contributed by atoms with E-state index in [0.29, 0.717) is 19.3 Å². The van der Waals surface area contributed by atoms with E-state index >= 15 is 0 Å². The summed E-state index contributed by atoms with van der Waals surface area (Å²) >= 11 is 0. The number of carbonyl (C=O) groups is 2. The molecule has 0 aliphatic carbocycles. The van der Waals surface area contributed by atoms with E-state index in [2.05, 4.69) is 86.8 Å². The summed E-state index contributed by atoms with van der Waals surface area (Å²) in [4.78, 5) is 26.2. The zero-order valence-corrected chi connectivity index (χ0v) is 43.1. The maximum absolute atomic E-state index is 13.2. The number of carbonyl (C=O) groups excluding carboxylic acids is 2. The van der Waals surface area contributed by atoms with Crippen molar-refractivity contribution in [2.75, 3.05) is 6.61 Å². The molecule has 0 aliphatic heterocycles. The number of ether oxygens (including phenoxy) is 1. The molecule has 0 aromatic heterocycles. The summed E-state index contributed by atoms with van der Waals surface area (Å²) in [6, 6.07) is -0.713. The molecular formula is C59H107NO5. The first kappa shape index (κ1) is 62.6. The minimum atomic E-state index is -0.797. The van der Waals surface area contributed by atoms with Gasteiger partial charge in [0.25, 0.3) is 0 Å². The van der Waals surface area contributed by atoms with Crippen LogP contribution in [-0.2, 0) is 14.3 Å². The maximum atomic E-state index is 13.2. The highest BCUT2D eigenvalue weighted by atomic mass is 16.5. The van der Waals surface area contributed by atoms with Crippen molar-refractivity contribution in [3.8, 4) is 0 Å². The van der Waals surface area contributed by atoms with Gasteiger partial charge >= 0.3 is 5.97 Å². The first-order chi connectivity index (χ1) is 32.0. The third-order valence-electron chi connectivity index (χ3n) is 12.7. The number of esters is 1. The normalized spacial score (nSPS) is 13.6. The fourth-order valence-corrected chi connectivity index (χ4v) is 8.38. The van der Waals surface area contributed by atoms with E-state index in [1.165, 1.54) is 135 Å². The zero-order chi connectivity index (χ0) is 47.4. The quantitative estimate of drug-likeness (QED) is 0.0245. The van der Waals surface area contributed by atoms with Gasteiger partial charge in [-0.05, 0) is 77.0 Å². The van der Waals surface area contributed by atoms with Crippen molar-refractivity contribution < 1.29 is 24.5 Å². The van der Waals surface area contributed by atoms with Gasteiger partial charge < -0.3 is 20.3 Å². The highest BCUT2D eigenvalue weighted by molar-refractivity contribution is 5.77. The Morgan fingerprint density at radius 3 is 1.28 bits per heavy atom. The molecule has 3 atom stereocenters. The molecule has 0 spiro atoms. The van der Waals surface area contributed by atoms with Crippen molar-refractivity contribution in [2.24, 2.45) is 0 Å². The van der Waals surface area contributed by atoms with Gasteiger partial charge in [0, 0.05) is 6.42 Å². The molecular weight excluding hydrogens is 803 g/mol. The second-order valence-electron chi connectivity index (χ2n) is 19.1. The number of amides is 1. The Morgan fingerprint density at radius 1 is 0.446 bits per heavy atom. The minimum Gasteiger partial charge on any atom is -0.462 e. The molecule has 0 saturated heterocycles. The lowest BCUT2D eigenvalue weighted by atomic mass is 10.0. The van der Waals surface area contributed by atoms with E-state index in [1.807, 2.05) is 0 Å². The van der Waals surface area contributed by atoms with E-state index < -0.39 is 18.2 Å². The summed E-state index contributed by atoms with van der Waals surface area (Å²) in [5.41, 5.74) is 0. The molecule has 1 amide bonds. The Labute approximate surface area is 403 Å². The molecule has 3 N–H and O–H groups in total. The fourth-order valence-electron chi connectivity index (χ4n) is 8.38. The van der Waals surface area contributed by atoms with E-state index in [9.17, 15) is 19.8 Å². The summed E-state index contributed by atoms with van der Waals surface area (Å²) in [5.74, 6) is -0.509. The molecule has 3 unspecified atom stereocenters. The van der Waals surface area contributed by atoms with Crippen LogP contribution in [0.4, 0.5) is 0 Å². The maximum Gasteiger partial charge on any atom is 0.306 e. The SMILES string of the molecule is CCCCC/C=C/C=C/C=C/C=C/CCCCCCCC(=O)OC(CCCCC/C=C/CCCCCCCCCCC)CC(=O)NC(CO)C(O)CCCCCCCCCCCCCC. The van der Waals surface area contributed by atoms with E-state index in [4.69, 9.17) is 4.74 Å². The van der Waals surface area contributed by atoms with Crippen molar-refractivity contribution in [2.45, 2.75) is 296 Å². The third kappa shape index (κ3) is 47.8. The molecule has 378 valence electrons. The molecule has 0 saturated carbocycles. The molecule has 0 aromatic rings. The summed E-state index contributed by atoms with van der Waals surface area (Å²) in [6.07, 6.45) is 65.6. The summed E-state index contributed by atoms with van der Waals surface area (Å²) < 4.78 is 5.94. The summed E-state index contributed by atoms with van der Waals surface area (Å²) in [5, 5.41) is 23.8. The number of nitrogens with one attached hydrogen (secondary N) is 1. The van der Waals surface area contributed by atoms with Gasteiger partial charge in [-0.1, -0.05) is 248 Å². The number of unbranched alkanes of at least 4 members (excludes halogenated alkanes) is 31. The average molecular weight is 911 g/mol. The van der Waals surface area contributed by atoms with Crippen LogP contribution in [0.1, 0.15) is 278 Å². The number of aliphatic hydroxyl groups is 2. The van der Waals surface area contributed by atoms with Gasteiger partial charge in [-0.15, -0.1) is 0 Å². The monoisotopic (exact) mass is 910 g/mol. The van der Waals surface area contributed by atoms with Gasteiger partial charge in [-0.3, -0.25) is 9.59 Å². The number of allylic oxidation sites excluding steroid dienone is 10. The number of hydrogen-bond donors (Lipinski definition) is 3. The van der Waals surface area contributed by atoms with Gasteiger partial charge in [0.2, 0.25) is 5.91 Å². The molecule has 6 heteroatoms. The molecule has 0 rings (SSSR count). The second-order valence-corrected chi connectivity index (χ2v) is 19.1. The molecule has 0 bridgehead atoms. The van der Waals surface area contributed by atoms with Crippen molar-refractivity contribution in [1.82, 2.24) is 5.32 Å². The van der Waals surface area contributed by atoms with Crippen molar-refractivity contribution >= 4 is 11.9 Å². The minimum absolute atomic E-state index is 0.0569. The summed E-state index contributed by atoms with van der Waals surface area (Å²) in [7, 11) is 0. The fraction of sp³-hybridized carbons (Fsp3) is 0.797. The van der Waals surface area contributed by atoms with Crippen LogP contribution < -0.4 is 5.32 Å². The van der Waals surface area contributed by atoms with Crippen LogP contribution in [0.2, 0.25) is 0 Å². The molecule has 65 heavy (non-hydrogen) atoms. The molecule has 0 fully saturated rings. The van der Waals surface area contributed by atoms with Crippen molar-refractivity contribution in [3.05, 3.63) is 60.8 Å². The molecule has 6 nitrogen and oxygen atoms in total. The Kier molecular flexibility index (Phi) is 50.6. The lowest BCUT2D eigenvalue weighted by molar-refractivity contribution is -0.151. The number of aliphatic hydroxyl groups excluding tert-OH is 2. The predicted octanol–water partition coefficient (Wildman–Crippen LogP) is 17.2. The lowest BCUT2D eigenvalue weighted by Crippen LogP contribution is -2.46. The molecule has 0 heterocycles.